The molecule has 7 nitrogen and oxygen atoms in total. The Morgan fingerprint density at radius 3 is 2.86 bits per heavy atom. The number of rotatable bonds is 2. The molecule has 0 aliphatic carbocycles. The minimum absolute atomic E-state index is 0.116. The van der Waals surface area contributed by atoms with Crippen molar-refractivity contribution >= 4 is 29.1 Å². The number of aryl methyl sites for hydroxylation is 1. The number of amides is 2. The Bertz CT molecular complexity index is 1100. The van der Waals surface area contributed by atoms with E-state index >= 15 is 0 Å². The van der Waals surface area contributed by atoms with Crippen LogP contribution in [0.5, 0.6) is 0 Å². The van der Waals surface area contributed by atoms with Gasteiger partial charge in [-0.05, 0) is 41.8 Å². The summed E-state index contributed by atoms with van der Waals surface area (Å²) >= 11 is 5.87. The van der Waals surface area contributed by atoms with E-state index in [0.29, 0.717) is 18.8 Å². The van der Waals surface area contributed by atoms with Crippen molar-refractivity contribution in [2.24, 2.45) is 7.05 Å². The van der Waals surface area contributed by atoms with Gasteiger partial charge in [0.25, 0.3) is 5.91 Å². The molecule has 0 radical (unpaired) electrons. The van der Waals surface area contributed by atoms with Crippen LogP contribution in [0.15, 0.2) is 53.2 Å². The van der Waals surface area contributed by atoms with Gasteiger partial charge in [0.2, 0.25) is 5.91 Å². The molecule has 1 spiro atoms. The molecule has 0 bridgehead atoms. The number of benzene rings is 1. The molecule has 1 N–H and O–H groups in total. The van der Waals surface area contributed by atoms with Crippen LogP contribution < -0.4 is 5.32 Å². The van der Waals surface area contributed by atoms with Crippen molar-refractivity contribution in [1.82, 2.24) is 14.5 Å². The number of para-hydroxylation sites is 1. The second kappa shape index (κ2) is 5.97. The lowest BCUT2D eigenvalue weighted by molar-refractivity contribution is -0.121. The van der Waals surface area contributed by atoms with E-state index in [9.17, 15) is 9.59 Å². The van der Waals surface area contributed by atoms with Gasteiger partial charge in [-0.1, -0.05) is 18.2 Å². The average Bonchev–Trinajstić information content (AvgIpc) is 3.43. The van der Waals surface area contributed by atoms with Gasteiger partial charge in [-0.3, -0.25) is 9.59 Å². The Balaban J connectivity index is 1.68. The van der Waals surface area contributed by atoms with Crippen LogP contribution in [0, 0.1) is 0 Å². The summed E-state index contributed by atoms with van der Waals surface area (Å²) in [4.78, 5) is 32.6. The summed E-state index contributed by atoms with van der Waals surface area (Å²) in [6.45, 7) is 0.399. The van der Waals surface area contributed by atoms with Crippen LogP contribution >= 0.6 is 11.6 Å². The molecule has 0 unspecified atom stereocenters. The van der Waals surface area contributed by atoms with E-state index < -0.39 is 11.5 Å². The summed E-state index contributed by atoms with van der Waals surface area (Å²) in [6, 6.07) is 10.1. The third-order valence-corrected chi connectivity index (χ3v) is 5.94. The topological polar surface area (TPSA) is 80.4 Å². The van der Waals surface area contributed by atoms with Gasteiger partial charge in [0.1, 0.15) is 17.3 Å². The van der Waals surface area contributed by atoms with E-state index in [1.54, 1.807) is 17.2 Å². The molecule has 2 amide bonds. The van der Waals surface area contributed by atoms with Gasteiger partial charge < -0.3 is 19.2 Å². The Hall–Kier alpha value is -3.06. The molecule has 1 saturated heterocycles. The second-order valence-corrected chi connectivity index (χ2v) is 7.49. The van der Waals surface area contributed by atoms with Crippen molar-refractivity contribution in [3.63, 3.8) is 0 Å². The molecule has 4 heterocycles. The van der Waals surface area contributed by atoms with Crippen LogP contribution in [0.25, 0.3) is 0 Å². The Kier molecular flexibility index (Phi) is 3.64. The number of nitrogens with zero attached hydrogens (tertiary/aromatic N) is 3. The van der Waals surface area contributed by atoms with E-state index in [4.69, 9.17) is 16.0 Å². The first kappa shape index (κ1) is 17.1. The fourth-order valence-corrected chi connectivity index (χ4v) is 4.62. The summed E-state index contributed by atoms with van der Waals surface area (Å²) in [7, 11) is 1.86. The predicted molar refractivity (Wildman–Crippen MR) is 102 cm³/mol. The molecule has 5 rings (SSSR count). The number of hydrogen-bond donors (Lipinski definition) is 1. The normalized spacial score (nSPS) is 23.3. The van der Waals surface area contributed by atoms with Gasteiger partial charge >= 0.3 is 0 Å². The van der Waals surface area contributed by atoms with Crippen LogP contribution in [0.3, 0.4) is 0 Å². The number of halogens is 1. The largest absolute Gasteiger partial charge is 0.440 e. The first-order chi connectivity index (χ1) is 13.5. The van der Waals surface area contributed by atoms with Gasteiger partial charge in [0.05, 0.1) is 0 Å². The van der Waals surface area contributed by atoms with Crippen LogP contribution in [0.1, 0.15) is 34.4 Å². The van der Waals surface area contributed by atoms with Crippen molar-refractivity contribution in [3.05, 3.63) is 71.2 Å². The van der Waals surface area contributed by atoms with Crippen molar-refractivity contribution in [2.75, 3.05) is 11.9 Å². The third-order valence-electron chi connectivity index (χ3n) is 5.73. The first-order valence-electron chi connectivity index (χ1n) is 8.97. The van der Waals surface area contributed by atoms with E-state index in [2.05, 4.69) is 10.3 Å². The van der Waals surface area contributed by atoms with Gasteiger partial charge in [-0.2, -0.15) is 0 Å². The molecule has 1 fully saturated rings. The highest BCUT2D eigenvalue weighted by Crippen LogP contribution is 2.54. The molecule has 2 aliphatic rings. The van der Waals surface area contributed by atoms with Gasteiger partial charge in [-0.25, -0.2) is 4.98 Å². The zero-order valence-electron chi connectivity index (χ0n) is 15.1. The summed E-state index contributed by atoms with van der Waals surface area (Å²) in [5.41, 5.74) is 0.768. The molecule has 8 heteroatoms. The molecule has 0 saturated carbocycles. The van der Waals surface area contributed by atoms with E-state index in [0.717, 1.165) is 11.3 Å². The SMILES string of the molecule is Cn1ccnc1[C@@H]1N(C(=O)c2ccc(Cl)o2)CC[C@]12C(=O)Nc1ccccc12. The van der Waals surface area contributed by atoms with E-state index in [-0.39, 0.29) is 22.8 Å². The number of aromatic nitrogens is 2. The molecule has 2 atom stereocenters. The number of fused-ring (bicyclic) bond motifs is 2. The lowest BCUT2D eigenvalue weighted by atomic mass is 9.74. The average molecular weight is 397 g/mol. The number of imidazole rings is 1. The van der Waals surface area contributed by atoms with Gasteiger partial charge in [-0.15, -0.1) is 0 Å². The summed E-state index contributed by atoms with van der Waals surface area (Å²) in [6.07, 6.45) is 3.98. The maximum absolute atomic E-state index is 13.3. The summed E-state index contributed by atoms with van der Waals surface area (Å²) in [5, 5.41) is 3.13. The molecule has 2 aliphatic heterocycles. The minimum atomic E-state index is -0.901. The molecule has 2 aromatic heterocycles. The Morgan fingerprint density at radius 2 is 2.14 bits per heavy atom. The zero-order valence-corrected chi connectivity index (χ0v) is 15.8. The van der Waals surface area contributed by atoms with Crippen LogP contribution in [-0.4, -0.2) is 32.8 Å². The number of nitrogens with one attached hydrogen (secondary N) is 1. The monoisotopic (exact) mass is 396 g/mol. The lowest BCUT2D eigenvalue weighted by Gasteiger charge is -2.33. The molecular formula is C20H17ClN4O3. The smallest absolute Gasteiger partial charge is 0.290 e. The van der Waals surface area contributed by atoms with Gasteiger partial charge in [0, 0.05) is 31.7 Å². The third kappa shape index (κ3) is 2.19. The summed E-state index contributed by atoms with van der Waals surface area (Å²) in [5.74, 6) is 0.367. The highest BCUT2D eigenvalue weighted by Gasteiger charge is 2.60. The number of likely N-dealkylation sites (tertiary alicyclic amines) is 1. The van der Waals surface area contributed by atoms with Crippen LogP contribution in [-0.2, 0) is 17.3 Å². The Morgan fingerprint density at radius 1 is 1.32 bits per heavy atom. The number of hydrogen-bond acceptors (Lipinski definition) is 4. The highest BCUT2D eigenvalue weighted by molar-refractivity contribution is 6.29. The fourth-order valence-electron chi connectivity index (χ4n) is 4.48. The van der Waals surface area contributed by atoms with Crippen molar-refractivity contribution in [1.29, 1.82) is 0 Å². The van der Waals surface area contributed by atoms with Crippen molar-refractivity contribution < 1.29 is 14.0 Å². The lowest BCUT2D eigenvalue weighted by Crippen LogP contribution is -2.43. The quantitative estimate of drug-likeness (QED) is 0.721. The zero-order chi connectivity index (χ0) is 19.5. The minimum Gasteiger partial charge on any atom is -0.440 e. The van der Waals surface area contributed by atoms with Gasteiger partial charge in [0.15, 0.2) is 11.0 Å². The fraction of sp³-hybridized carbons (Fsp3) is 0.250. The van der Waals surface area contributed by atoms with Crippen molar-refractivity contribution in [3.8, 4) is 0 Å². The number of carbonyl (C=O) groups excluding carboxylic acids is 2. The molecule has 28 heavy (non-hydrogen) atoms. The Labute approximate surface area is 165 Å². The molecular weight excluding hydrogens is 380 g/mol. The number of furan rings is 1. The molecule has 1 aromatic carbocycles. The summed E-state index contributed by atoms with van der Waals surface area (Å²) < 4.78 is 7.20. The second-order valence-electron chi connectivity index (χ2n) is 7.12. The van der Waals surface area contributed by atoms with E-state index in [1.807, 2.05) is 42.1 Å². The standard InChI is InChI=1S/C20H17ClN4O3/c1-24-11-9-22-17(24)16-20(12-4-2-3-5-13(12)23-19(20)27)8-10-25(16)18(26)14-6-7-15(21)28-14/h2-7,9,11,16H,8,10H2,1H3,(H,23,27)/t16-,20+/m0/s1. The molecule has 3 aromatic rings. The van der Waals surface area contributed by atoms with Crippen molar-refractivity contribution in [2.45, 2.75) is 17.9 Å². The van der Waals surface area contributed by atoms with Crippen LogP contribution in [0.4, 0.5) is 5.69 Å². The maximum Gasteiger partial charge on any atom is 0.290 e. The number of anilines is 1. The maximum atomic E-state index is 13.3. The predicted octanol–water partition coefficient (Wildman–Crippen LogP) is 3.14. The first-order valence-corrected chi connectivity index (χ1v) is 9.34. The molecule has 142 valence electrons. The highest BCUT2D eigenvalue weighted by atomic mass is 35.5. The number of carbonyl (C=O) groups is 2. The van der Waals surface area contributed by atoms with E-state index in [1.165, 1.54) is 6.07 Å². The van der Waals surface area contributed by atoms with Crippen LogP contribution in [0.2, 0.25) is 5.22 Å².